The number of rotatable bonds is 6. The van der Waals surface area contributed by atoms with Crippen molar-refractivity contribution in [3.8, 4) is 0 Å². The molecule has 2 aromatic rings. The van der Waals surface area contributed by atoms with Gasteiger partial charge in [0.15, 0.2) is 5.03 Å². The predicted octanol–water partition coefficient (Wildman–Crippen LogP) is 0.0641. The number of nitrogens with one attached hydrogen (secondary N) is 3. The number of hydrogen-bond donors (Lipinski definition) is 3. The Bertz CT molecular complexity index is 590. The molecule has 0 radical (unpaired) electrons. The maximum atomic E-state index is 12.1. The average Bonchev–Trinajstić information content (AvgIpc) is 2.97. The van der Waals surface area contributed by atoms with E-state index in [0.29, 0.717) is 17.1 Å². The lowest BCUT2D eigenvalue weighted by Gasteiger charge is -2.05. The van der Waals surface area contributed by atoms with Gasteiger partial charge < -0.3 is 5.32 Å². The molecule has 3 N–H and O–H groups in total. The van der Waals surface area contributed by atoms with Crippen LogP contribution in [0.15, 0.2) is 22.8 Å². The highest BCUT2D eigenvalue weighted by Crippen LogP contribution is 2.12. The van der Waals surface area contributed by atoms with E-state index in [1.807, 2.05) is 0 Å². The number of hydrogen-bond acceptors (Lipinski definition) is 6. The first-order valence-electron chi connectivity index (χ1n) is 5.18. The smallest absolute Gasteiger partial charge is 0.258 e. The summed E-state index contributed by atoms with van der Waals surface area (Å²) < 4.78 is 26.6. The lowest BCUT2D eigenvalue weighted by Crippen LogP contribution is -2.25. The normalized spacial score (nSPS) is 11.8. The molecule has 0 amide bonds. The third-order valence-electron chi connectivity index (χ3n) is 2.21. The van der Waals surface area contributed by atoms with E-state index in [1.165, 1.54) is 17.5 Å². The minimum absolute atomic E-state index is 0.0911. The molecule has 0 aromatic carbocycles. The molecule has 0 saturated carbocycles. The molecule has 7 nitrogen and oxygen atoms in total. The van der Waals surface area contributed by atoms with Gasteiger partial charge in [-0.3, -0.25) is 5.10 Å². The molecule has 98 valence electrons. The number of nitrogens with zero attached hydrogens (tertiary/aromatic N) is 2. The van der Waals surface area contributed by atoms with Crippen molar-refractivity contribution in [2.45, 2.75) is 18.1 Å². The van der Waals surface area contributed by atoms with Crippen LogP contribution in [0.3, 0.4) is 0 Å². The van der Waals surface area contributed by atoms with Gasteiger partial charge >= 0.3 is 0 Å². The summed E-state index contributed by atoms with van der Waals surface area (Å²) in [6.45, 7) is 0.613. The van der Waals surface area contributed by atoms with Crippen LogP contribution in [0, 0.1) is 0 Å². The molecule has 2 heterocycles. The van der Waals surface area contributed by atoms with Gasteiger partial charge in [0, 0.05) is 23.7 Å². The Kier molecular flexibility index (Phi) is 4.07. The summed E-state index contributed by atoms with van der Waals surface area (Å²) in [6.07, 6.45) is 3.13. The SMILES string of the molecule is CNCc1cn[nH]c1S(=O)(=O)NCc1nccs1. The Morgan fingerprint density at radius 2 is 2.28 bits per heavy atom. The predicted molar refractivity (Wildman–Crippen MR) is 67.5 cm³/mol. The molecule has 0 saturated heterocycles. The van der Waals surface area contributed by atoms with Crippen LogP contribution in [0.5, 0.6) is 0 Å². The van der Waals surface area contributed by atoms with Crippen molar-refractivity contribution in [1.29, 1.82) is 0 Å². The maximum absolute atomic E-state index is 12.1. The van der Waals surface area contributed by atoms with Crippen LogP contribution in [0.1, 0.15) is 10.6 Å². The van der Waals surface area contributed by atoms with E-state index in [9.17, 15) is 8.42 Å². The Labute approximate surface area is 109 Å². The van der Waals surface area contributed by atoms with Crippen molar-refractivity contribution in [3.05, 3.63) is 28.3 Å². The molecule has 0 atom stereocenters. The zero-order valence-corrected chi connectivity index (χ0v) is 11.3. The maximum Gasteiger partial charge on any atom is 0.258 e. The minimum Gasteiger partial charge on any atom is -0.316 e. The van der Waals surface area contributed by atoms with Gasteiger partial charge in [0.2, 0.25) is 0 Å². The largest absolute Gasteiger partial charge is 0.316 e. The van der Waals surface area contributed by atoms with Crippen molar-refractivity contribution >= 4 is 21.4 Å². The van der Waals surface area contributed by atoms with Gasteiger partial charge in [0.1, 0.15) is 5.01 Å². The van der Waals surface area contributed by atoms with E-state index >= 15 is 0 Å². The molecular formula is C9H13N5O2S2. The third kappa shape index (κ3) is 2.93. The van der Waals surface area contributed by atoms with Gasteiger partial charge in [0.05, 0.1) is 12.7 Å². The highest BCUT2D eigenvalue weighted by atomic mass is 32.2. The Hall–Kier alpha value is -1.29. The fourth-order valence-corrected chi connectivity index (χ4v) is 3.18. The van der Waals surface area contributed by atoms with Gasteiger partial charge in [-0.25, -0.2) is 18.1 Å². The lowest BCUT2D eigenvalue weighted by atomic mass is 10.4. The molecular weight excluding hydrogens is 274 g/mol. The second-order valence-electron chi connectivity index (χ2n) is 3.51. The molecule has 0 spiro atoms. The number of aromatic nitrogens is 3. The van der Waals surface area contributed by atoms with E-state index in [0.717, 1.165) is 0 Å². The van der Waals surface area contributed by atoms with Crippen molar-refractivity contribution < 1.29 is 8.42 Å². The van der Waals surface area contributed by atoms with Crippen LogP contribution in [-0.2, 0) is 23.1 Å². The van der Waals surface area contributed by atoms with Gasteiger partial charge in [-0.2, -0.15) is 5.10 Å². The average molecular weight is 287 g/mol. The summed E-state index contributed by atoms with van der Waals surface area (Å²) >= 11 is 1.40. The second-order valence-corrected chi connectivity index (χ2v) is 6.19. The van der Waals surface area contributed by atoms with Crippen molar-refractivity contribution in [1.82, 2.24) is 25.2 Å². The molecule has 18 heavy (non-hydrogen) atoms. The standard InChI is InChI=1S/C9H13N5O2S2/c1-10-4-7-5-12-14-9(7)18(15,16)13-6-8-11-2-3-17-8/h2-3,5,10,13H,4,6H2,1H3,(H,12,14). The zero-order valence-electron chi connectivity index (χ0n) is 9.67. The fraction of sp³-hybridized carbons (Fsp3) is 0.333. The van der Waals surface area contributed by atoms with Crippen LogP contribution >= 0.6 is 11.3 Å². The molecule has 0 unspecified atom stereocenters. The first-order valence-corrected chi connectivity index (χ1v) is 7.54. The topological polar surface area (TPSA) is 99.8 Å². The van der Waals surface area contributed by atoms with Crippen LogP contribution < -0.4 is 10.0 Å². The van der Waals surface area contributed by atoms with Gasteiger partial charge in [-0.05, 0) is 7.05 Å². The van der Waals surface area contributed by atoms with Crippen LogP contribution in [0.25, 0.3) is 0 Å². The lowest BCUT2D eigenvalue weighted by molar-refractivity contribution is 0.574. The van der Waals surface area contributed by atoms with Crippen LogP contribution in [0.4, 0.5) is 0 Å². The second kappa shape index (κ2) is 5.57. The monoisotopic (exact) mass is 287 g/mol. The van der Waals surface area contributed by atoms with Crippen LogP contribution in [0.2, 0.25) is 0 Å². The molecule has 0 aliphatic rings. The molecule has 0 aliphatic heterocycles. The quantitative estimate of drug-likeness (QED) is 0.698. The zero-order chi connectivity index (χ0) is 13.0. The highest BCUT2D eigenvalue weighted by Gasteiger charge is 2.20. The molecule has 9 heteroatoms. The number of thiazole rings is 1. The number of sulfonamides is 1. The molecule has 0 bridgehead atoms. The van der Waals surface area contributed by atoms with Gasteiger partial charge in [-0.1, -0.05) is 0 Å². The van der Waals surface area contributed by atoms with Gasteiger partial charge in [-0.15, -0.1) is 11.3 Å². The Morgan fingerprint density at radius 1 is 1.44 bits per heavy atom. The summed E-state index contributed by atoms with van der Waals surface area (Å²) in [5.74, 6) is 0. The van der Waals surface area contributed by atoms with E-state index in [2.05, 4.69) is 25.2 Å². The third-order valence-corrected chi connectivity index (χ3v) is 4.41. The summed E-state index contributed by atoms with van der Waals surface area (Å²) in [5, 5.41) is 11.8. The summed E-state index contributed by atoms with van der Waals surface area (Å²) in [5.41, 5.74) is 0.601. The summed E-state index contributed by atoms with van der Waals surface area (Å²) in [6, 6.07) is 0. The first-order chi connectivity index (χ1) is 8.63. The highest BCUT2D eigenvalue weighted by molar-refractivity contribution is 7.89. The molecule has 2 aromatic heterocycles. The summed E-state index contributed by atoms with van der Waals surface area (Å²) in [7, 11) is -1.84. The van der Waals surface area contributed by atoms with Crippen LogP contribution in [-0.4, -0.2) is 30.6 Å². The van der Waals surface area contributed by atoms with E-state index < -0.39 is 10.0 Å². The number of aromatic amines is 1. The van der Waals surface area contributed by atoms with E-state index in [-0.39, 0.29) is 11.6 Å². The van der Waals surface area contributed by atoms with Crippen molar-refractivity contribution in [2.75, 3.05) is 7.05 Å². The van der Waals surface area contributed by atoms with Gasteiger partial charge in [0.25, 0.3) is 10.0 Å². The molecule has 2 rings (SSSR count). The molecule has 0 fully saturated rings. The fourth-order valence-electron chi connectivity index (χ4n) is 1.42. The molecule has 0 aliphatic carbocycles. The minimum atomic E-state index is -3.59. The summed E-state index contributed by atoms with van der Waals surface area (Å²) in [4.78, 5) is 4.01. The van der Waals surface area contributed by atoms with Crippen molar-refractivity contribution in [3.63, 3.8) is 0 Å². The first kappa shape index (κ1) is 13.1. The van der Waals surface area contributed by atoms with E-state index in [1.54, 1.807) is 18.6 Å². The Balaban J connectivity index is 2.12. The van der Waals surface area contributed by atoms with Crippen molar-refractivity contribution in [2.24, 2.45) is 0 Å². The Morgan fingerprint density at radius 3 is 2.94 bits per heavy atom. The number of H-pyrrole nitrogens is 1. The van der Waals surface area contributed by atoms with E-state index in [4.69, 9.17) is 0 Å².